The van der Waals surface area contributed by atoms with Crippen LogP contribution in [-0.2, 0) is 27.3 Å². The molecule has 14 heteroatoms. The lowest BCUT2D eigenvalue weighted by atomic mass is 10.1. The molecule has 2 heterocycles. The molecule has 12 nitrogen and oxygen atoms in total. The van der Waals surface area contributed by atoms with Crippen LogP contribution in [0, 0.1) is 0 Å². The summed E-state index contributed by atoms with van der Waals surface area (Å²) in [5.74, 6) is 0.364. The number of hydrogen-bond acceptors (Lipinski definition) is 9. The Bertz CT molecular complexity index is 3150. The van der Waals surface area contributed by atoms with Gasteiger partial charge in [-0.1, -0.05) is 60.7 Å². The van der Waals surface area contributed by atoms with Crippen LogP contribution in [0.2, 0.25) is 0 Å². The molecule has 0 aliphatic carbocycles. The fourth-order valence-corrected chi connectivity index (χ4v) is 8.36. The molecule has 8 rings (SSSR count). The molecule has 2 aromatic heterocycles. The van der Waals surface area contributed by atoms with Gasteiger partial charge in [0.05, 0.1) is 29.3 Å². The van der Waals surface area contributed by atoms with Crippen molar-refractivity contribution in [2.45, 2.75) is 65.8 Å². The summed E-state index contributed by atoms with van der Waals surface area (Å²) in [5.41, 5.74) is 3.61. The van der Waals surface area contributed by atoms with Gasteiger partial charge in [0.15, 0.2) is 0 Å². The minimum atomic E-state index is -1.03. The van der Waals surface area contributed by atoms with Gasteiger partial charge in [-0.2, -0.15) is 0 Å². The van der Waals surface area contributed by atoms with Crippen LogP contribution in [0.15, 0.2) is 155 Å². The highest BCUT2D eigenvalue weighted by Gasteiger charge is 2.23. The minimum absolute atomic E-state index is 0.156. The molecule has 0 aliphatic rings. The maximum atomic E-state index is 12.6. The van der Waals surface area contributed by atoms with Gasteiger partial charge in [0, 0.05) is 44.9 Å². The number of hydrogen-bond donors (Lipinski definition) is 1. The van der Waals surface area contributed by atoms with Gasteiger partial charge in [0.1, 0.15) is 45.6 Å². The lowest BCUT2D eigenvalue weighted by molar-refractivity contribution is 0.00570. The Morgan fingerprint density at radius 1 is 0.493 bits per heavy atom. The molecule has 0 fully saturated rings. The first kappa shape index (κ1) is 49.7. The van der Waals surface area contributed by atoms with Crippen molar-refractivity contribution in [1.29, 1.82) is 0 Å². The summed E-state index contributed by atoms with van der Waals surface area (Å²) >= 11 is 7.17. The normalized spacial score (nSPS) is 11.4. The second kappa shape index (κ2) is 21.0. The van der Waals surface area contributed by atoms with E-state index in [1.165, 1.54) is 7.11 Å². The van der Waals surface area contributed by atoms with Crippen molar-refractivity contribution in [3.63, 3.8) is 0 Å². The number of methoxy groups -OCH3 is 1. The molecular weight excluding hydrogens is 1010 g/mol. The van der Waals surface area contributed by atoms with Gasteiger partial charge in [0.2, 0.25) is 0 Å². The predicted molar refractivity (Wildman–Crippen MR) is 272 cm³/mol. The molecule has 6 aromatic carbocycles. The minimum Gasteiger partial charge on any atom is -0.477 e. The Labute approximate surface area is 416 Å². The Morgan fingerprint density at radius 2 is 0.870 bits per heavy atom. The number of carbonyl (C=O) groups excluding carboxylic acids is 3. The Balaban J connectivity index is 0.000000204. The van der Waals surface area contributed by atoms with Gasteiger partial charge in [0.25, 0.3) is 0 Å². The standard InChI is InChI=1S/C28H26BrNO5.C27H24BrNO5/c1-28(2,3)35-26(31)19-12-10-18(11-13-19)17-30-24-15-21(34-20-8-6-5-7-9-20)14-23(29)22(24)16-25(30)27(32)33-4;1-27(2,3)34-26(32)18-11-9-17(10-12-18)16-29-23-14-20(33-19-7-5-4-6-8-19)13-22(28)21(23)15-24(29)25(30)31/h5-16H,17H2,1-4H3;4-15H,16H2,1-3H3,(H,30,31). The van der Waals surface area contributed by atoms with E-state index in [1.807, 2.05) is 143 Å². The molecule has 0 amide bonds. The van der Waals surface area contributed by atoms with Gasteiger partial charge in [-0.3, -0.25) is 0 Å². The zero-order valence-corrected chi connectivity index (χ0v) is 42.2. The first-order chi connectivity index (χ1) is 32.7. The number of nitrogens with zero attached hydrogens (tertiary/aromatic N) is 2. The lowest BCUT2D eigenvalue weighted by Crippen LogP contribution is -2.23. The Kier molecular flexibility index (Phi) is 15.1. The van der Waals surface area contributed by atoms with Crippen molar-refractivity contribution in [3.8, 4) is 23.0 Å². The van der Waals surface area contributed by atoms with Crippen LogP contribution < -0.4 is 9.47 Å². The van der Waals surface area contributed by atoms with E-state index in [2.05, 4.69) is 31.9 Å². The first-order valence-electron chi connectivity index (χ1n) is 21.8. The number of aromatic carboxylic acids is 1. The number of ether oxygens (including phenoxy) is 5. The summed E-state index contributed by atoms with van der Waals surface area (Å²) in [6.07, 6.45) is 0. The van der Waals surface area contributed by atoms with E-state index in [4.69, 9.17) is 23.7 Å². The number of halogens is 2. The molecule has 1 N–H and O–H groups in total. The number of carbonyl (C=O) groups is 4. The van der Waals surface area contributed by atoms with Crippen LogP contribution in [-0.4, -0.2) is 56.4 Å². The topological polar surface area (TPSA) is 145 Å². The molecule has 0 bridgehead atoms. The maximum absolute atomic E-state index is 12.6. The molecular formula is C55H50Br2N2O10. The van der Waals surface area contributed by atoms with E-state index < -0.39 is 29.1 Å². The zero-order chi connectivity index (χ0) is 49.6. The van der Waals surface area contributed by atoms with Crippen molar-refractivity contribution in [1.82, 2.24) is 9.13 Å². The number of aromatic nitrogens is 2. The van der Waals surface area contributed by atoms with E-state index in [0.29, 0.717) is 58.4 Å². The third kappa shape index (κ3) is 12.7. The largest absolute Gasteiger partial charge is 0.477 e. The summed E-state index contributed by atoms with van der Waals surface area (Å²) < 4.78 is 33.1. The first-order valence-corrected chi connectivity index (χ1v) is 23.4. The molecule has 69 heavy (non-hydrogen) atoms. The lowest BCUT2D eigenvalue weighted by Gasteiger charge is -2.19. The molecule has 0 aliphatic heterocycles. The average Bonchev–Trinajstić information content (AvgIpc) is 3.85. The number of carboxylic acids is 1. The molecule has 0 atom stereocenters. The SMILES string of the molecule is CC(C)(C)OC(=O)c1ccc(Cn2c(C(=O)O)cc3c(Br)cc(Oc4ccccc4)cc32)cc1.COC(=O)c1cc2c(Br)cc(Oc3ccccc3)cc2n1Cc1ccc(C(=O)OC(C)(C)C)cc1. The van der Waals surface area contributed by atoms with E-state index in [9.17, 15) is 24.3 Å². The number of esters is 3. The quantitative estimate of drug-likeness (QED) is 0.0927. The second-order valence-electron chi connectivity index (χ2n) is 17.9. The molecule has 0 spiro atoms. The van der Waals surface area contributed by atoms with Gasteiger partial charge >= 0.3 is 23.9 Å². The van der Waals surface area contributed by atoms with Crippen LogP contribution in [0.5, 0.6) is 23.0 Å². The van der Waals surface area contributed by atoms with Crippen LogP contribution in [0.25, 0.3) is 21.8 Å². The molecule has 0 saturated heterocycles. The Morgan fingerprint density at radius 3 is 1.23 bits per heavy atom. The summed E-state index contributed by atoms with van der Waals surface area (Å²) in [5, 5.41) is 11.5. The van der Waals surface area contributed by atoms with Crippen molar-refractivity contribution in [2.24, 2.45) is 0 Å². The number of benzene rings is 6. The third-order valence-electron chi connectivity index (χ3n) is 10.3. The highest BCUT2D eigenvalue weighted by molar-refractivity contribution is 9.11. The fourth-order valence-electron chi connectivity index (χ4n) is 7.27. The number of fused-ring (bicyclic) bond motifs is 2. The highest BCUT2D eigenvalue weighted by atomic mass is 79.9. The number of para-hydroxylation sites is 2. The van der Waals surface area contributed by atoms with Crippen LogP contribution in [0.3, 0.4) is 0 Å². The van der Waals surface area contributed by atoms with Crippen LogP contribution in [0.4, 0.5) is 0 Å². The van der Waals surface area contributed by atoms with Gasteiger partial charge in [-0.15, -0.1) is 0 Å². The molecule has 8 aromatic rings. The van der Waals surface area contributed by atoms with Gasteiger partial charge < -0.3 is 37.9 Å². The summed E-state index contributed by atoms with van der Waals surface area (Å²) in [6.45, 7) is 11.6. The monoisotopic (exact) mass is 1060 g/mol. The summed E-state index contributed by atoms with van der Waals surface area (Å²) in [7, 11) is 1.36. The molecule has 354 valence electrons. The predicted octanol–water partition coefficient (Wildman–Crippen LogP) is 13.9. The zero-order valence-electron chi connectivity index (χ0n) is 39.0. The van der Waals surface area contributed by atoms with E-state index in [-0.39, 0.29) is 11.7 Å². The maximum Gasteiger partial charge on any atom is 0.354 e. The Hall–Kier alpha value is -7.16. The van der Waals surface area contributed by atoms with E-state index in [1.54, 1.807) is 53.1 Å². The van der Waals surface area contributed by atoms with E-state index in [0.717, 1.165) is 36.4 Å². The smallest absolute Gasteiger partial charge is 0.354 e. The second-order valence-corrected chi connectivity index (χ2v) is 19.6. The molecule has 0 saturated carbocycles. The average molecular weight is 1060 g/mol. The van der Waals surface area contributed by atoms with Crippen molar-refractivity contribution >= 4 is 77.5 Å². The van der Waals surface area contributed by atoms with Crippen molar-refractivity contribution in [2.75, 3.05) is 7.11 Å². The fraction of sp³-hybridized carbons (Fsp3) is 0.200. The number of carboxylic acid groups (broad SMARTS) is 1. The molecule has 0 unspecified atom stereocenters. The van der Waals surface area contributed by atoms with Gasteiger partial charge in [-0.25, -0.2) is 19.2 Å². The summed E-state index contributed by atoms with van der Waals surface area (Å²) in [6, 6.07) is 43.9. The molecule has 0 radical (unpaired) electrons. The third-order valence-corrected chi connectivity index (χ3v) is 11.6. The van der Waals surface area contributed by atoms with Crippen molar-refractivity contribution < 1.29 is 48.0 Å². The van der Waals surface area contributed by atoms with Gasteiger partial charge in [-0.05, 0) is 157 Å². The van der Waals surface area contributed by atoms with Crippen molar-refractivity contribution in [3.05, 3.63) is 188 Å². The number of rotatable bonds is 12. The summed E-state index contributed by atoms with van der Waals surface area (Å²) in [4.78, 5) is 49.3. The van der Waals surface area contributed by atoms with Crippen LogP contribution in [0.1, 0.15) is 94.4 Å². The van der Waals surface area contributed by atoms with E-state index >= 15 is 0 Å². The van der Waals surface area contributed by atoms with Crippen LogP contribution >= 0.6 is 31.9 Å². The highest BCUT2D eigenvalue weighted by Crippen LogP contribution is 2.37.